The summed E-state index contributed by atoms with van der Waals surface area (Å²) < 4.78 is 37.5. The zero-order valence-corrected chi connectivity index (χ0v) is 13.5. The molecule has 7 nitrogen and oxygen atoms in total. The van der Waals surface area contributed by atoms with Crippen molar-refractivity contribution >= 4 is 31.8 Å². The molecule has 0 spiro atoms. The molecule has 0 radical (unpaired) electrons. The van der Waals surface area contributed by atoms with E-state index < -0.39 is 10.0 Å². The van der Waals surface area contributed by atoms with Crippen molar-refractivity contribution in [3.05, 3.63) is 16.7 Å². The normalized spacial score (nSPS) is 24.1. The first kappa shape index (κ1) is 15.6. The van der Waals surface area contributed by atoms with Crippen LogP contribution in [0.15, 0.2) is 21.6 Å². The van der Waals surface area contributed by atoms with Crippen LogP contribution in [-0.2, 0) is 19.5 Å². The molecule has 2 N–H and O–H groups in total. The topological polar surface area (TPSA) is 94.8 Å². The van der Waals surface area contributed by atoms with E-state index in [0.717, 1.165) is 0 Å². The van der Waals surface area contributed by atoms with E-state index in [2.05, 4.69) is 20.9 Å². The maximum absolute atomic E-state index is 12.6. The molecular formula is C11H16BrN3O4S. The number of hydrogen-bond donors (Lipinski definition) is 1. The van der Waals surface area contributed by atoms with E-state index in [9.17, 15) is 8.42 Å². The number of ether oxygens (including phenoxy) is 2. The summed E-state index contributed by atoms with van der Waals surface area (Å²) in [5, 5.41) is 0. The number of anilines is 1. The molecule has 2 rings (SSSR count). The highest BCUT2D eigenvalue weighted by molar-refractivity contribution is 9.10. The Hall–Kier alpha value is -0.740. The fourth-order valence-corrected chi connectivity index (χ4v) is 4.18. The summed E-state index contributed by atoms with van der Waals surface area (Å²) in [6, 6.07) is 1.44. The molecule has 1 saturated heterocycles. The van der Waals surface area contributed by atoms with E-state index in [1.807, 2.05) is 0 Å². The smallest absolute Gasteiger partial charge is 0.246 e. The SMILES string of the molecule is COC1CN(S(=O)(=O)c2cc(Br)cnc2N)CC1OC. The van der Waals surface area contributed by atoms with E-state index in [4.69, 9.17) is 15.2 Å². The summed E-state index contributed by atoms with van der Waals surface area (Å²) in [6.45, 7) is 0.451. The number of rotatable bonds is 4. The molecule has 2 heterocycles. The summed E-state index contributed by atoms with van der Waals surface area (Å²) in [5.41, 5.74) is 5.68. The van der Waals surface area contributed by atoms with E-state index in [1.54, 1.807) is 0 Å². The number of nitrogens with two attached hydrogens (primary N) is 1. The molecule has 20 heavy (non-hydrogen) atoms. The van der Waals surface area contributed by atoms with Crippen molar-refractivity contribution in [3.8, 4) is 0 Å². The first-order valence-electron chi connectivity index (χ1n) is 5.87. The van der Waals surface area contributed by atoms with E-state index in [-0.39, 0.29) is 36.0 Å². The molecule has 112 valence electrons. The highest BCUT2D eigenvalue weighted by Gasteiger charge is 2.40. The Kier molecular flexibility index (Phi) is 4.65. The zero-order chi connectivity index (χ0) is 14.9. The molecule has 1 aliphatic heterocycles. The number of hydrogen-bond acceptors (Lipinski definition) is 6. The first-order chi connectivity index (χ1) is 9.40. The summed E-state index contributed by atoms with van der Waals surface area (Å²) >= 11 is 3.20. The van der Waals surface area contributed by atoms with Crippen LogP contribution in [0.5, 0.6) is 0 Å². The lowest BCUT2D eigenvalue weighted by Crippen LogP contribution is -2.31. The van der Waals surface area contributed by atoms with E-state index >= 15 is 0 Å². The predicted molar refractivity (Wildman–Crippen MR) is 76.7 cm³/mol. The van der Waals surface area contributed by atoms with Crippen molar-refractivity contribution < 1.29 is 17.9 Å². The van der Waals surface area contributed by atoms with Gasteiger partial charge in [0.15, 0.2) is 0 Å². The number of nitrogens with zero attached hydrogens (tertiary/aromatic N) is 2. The van der Waals surface area contributed by atoms with Crippen molar-refractivity contribution in [2.45, 2.75) is 17.1 Å². The number of sulfonamides is 1. The molecule has 0 saturated carbocycles. The summed E-state index contributed by atoms with van der Waals surface area (Å²) in [6.07, 6.45) is 0.862. The summed E-state index contributed by atoms with van der Waals surface area (Å²) in [5.74, 6) is -0.0250. The molecule has 0 aliphatic carbocycles. The van der Waals surface area contributed by atoms with Crippen molar-refractivity contribution in [2.24, 2.45) is 0 Å². The van der Waals surface area contributed by atoms with Crippen LogP contribution in [0.3, 0.4) is 0 Å². The third kappa shape index (κ3) is 2.82. The Morgan fingerprint density at radius 3 is 2.40 bits per heavy atom. The van der Waals surface area contributed by atoms with Gasteiger partial charge in [-0.25, -0.2) is 13.4 Å². The molecule has 0 aromatic carbocycles. The first-order valence-corrected chi connectivity index (χ1v) is 8.10. The van der Waals surface area contributed by atoms with Gasteiger partial charge in [-0.05, 0) is 22.0 Å². The van der Waals surface area contributed by atoms with E-state index in [1.165, 1.54) is 30.8 Å². The van der Waals surface area contributed by atoms with Crippen LogP contribution in [-0.4, -0.2) is 57.2 Å². The fourth-order valence-electron chi connectivity index (χ4n) is 2.14. The zero-order valence-electron chi connectivity index (χ0n) is 11.1. The third-order valence-corrected chi connectivity index (χ3v) is 5.55. The van der Waals surface area contributed by atoms with Crippen LogP contribution in [0.1, 0.15) is 0 Å². The maximum atomic E-state index is 12.6. The molecule has 9 heteroatoms. The van der Waals surface area contributed by atoms with Crippen LogP contribution < -0.4 is 5.73 Å². The average Bonchev–Trinajstić information content (AvgIpc) is 2.85. The molecule has 1 fully saturated rings. The second-order valence-corrected chi connectivity index (χ2v) is 7.23. The van der Waals surface area contributed by atoms with Crippen LogP contribution in [0.4, 0.5) is 5.82 Å². The Bertz CT molecular complexity index is 583. The maximum Gasteiger partial charge on any atom is 0.246 e. The Morgan fingerprint density at radius 2 is 1.90 bits per heavy atom. The lowest BCUT2D eigenvalue weighted by Gasteiger charge is -2.17. The van der Waals surface area contributed by atoms with Gasteiger partial charge < -0.3 is 15.2 Å². The van der Waals surface area contributed by atoms with Crippen LogP contribution in [0, 0.1) is 0 Å². The lowest BCUT2D eigenvalue weighted by atomic mass is 10.3. The van der Waals surface area contributed by atoms with Crippen molar-refractivity contribution in [3.63, 3.8) is 0 Å². The van der Waals surface area contributed by atoms with Gasteiger partial charge in [0, 0.05) is 38.0 Å². The van der Waals surface area contributed by atoms with Gasteiger partial charge in [-0.2, -0.15) is 4.31 Å². The Morgan fingerprint density at radius 1 is 1.35 bits per heavy atom. The predicted octanol–water partition coefficient (Wildman–Crippen LogP) is 0.461. The molecule has 1 aliphatic rings. The van der Waals surface area contributed by atoms with Crippen LogP contribution in [0.25, 0.3) is 0 Å². The van der Waals surface area contributed by atoms with Gasteiger partial charge >= 0.3 is 0 Å². The second kappa shape index (κ2) is 5.94. The van der Waals surface area contributed by atoms with Gasteiger partial charge in [-0.15, -0.1) is 0 Å². The minimum atomic E-state index is -3.72. The van der Waals surface area contributed by atoms with Crippen molar-refractivity contribution in [1.29, 1.82) is 0 Å². The van der Waals surface area contributed by atoms with Gasteiger partial charge in [-0.3, -0.25) is 0 Å². The number of methoxy groups -OCH3 is 2. The number of halogens is 1. The van der Waals surface area contributed by atoms with Gasteiger partial charge in [0.25, 0.3) is 0 Å². The van der Waals surface area contributed by atoms with Crippen LogP contribution in [0.2, 0.25) is 0 Å². The summed E-state index contributed by atoms with van der Waals surface area (Å²) in [4.78, 5) is 3.84. The highest BCUT2D eigenvalue weighted by atomic mass is 79.9. The molecule has 2 atom stereocenters. The largest absolute Gasteiger partial charge is 0.383 e. The molecule has 0 bridgehead atoms. The van der Waals surface area contributed by atoms with E-state index in [0.29, 0.717) is 4.47 Å². The average molecular weight is 366 g/mol. The quantitative estimate of drug-likeness (QED) is 0.832. The molecule has 1 aromatic rings. The Balaban J connectivity index is 2.34. The molecular weight excluding hydrogens is 350 g/mol. The Labute approximate surface area is 126 Å². The highest BCUT2D eigenvalue weighted by Crippen LogP contribution is 2.28. The monoisotopic (exact) mass is 365 g/mol. The summed E-state index contributed by atoms with van der Waals surface area (Å²) in [7, 11) is -0.663. The van der Waals surface area contributed by atoms with Gasteiger partial charge in [0.05, 0.1) is 12.2 Å². The van der Waals surface area contributed by atoms with Crippen molar-refractivity contribution in [2.75, 3.05) is 33.0 Å². The minimum Gasteiger partial charge on any atom is -0.383 e. The van der Waals surface area contributed by atoms with Gasteiger partial charge in [-0.1, -0.05) is 0 Å². The standard InChI is InChI=1S/C11H16BrN3O4S/c1-18-8-5-15(6-9(8)19-2)20(16,17)10-3-7(12)4-14-11(10)13/h3-4,8-9H,5-6H2,1-2H3,(H2,13,14). The van der Waals surface area contributed by atoms with Gasteiger partial charge in [0.1, 0.15) is 10.7 Å². The minimum absolute atomic E-state index is 0.0153. The molecule has 0 amide bonds. The second-order valence-electron chi connectivity index (χ2n) is 4.41. The molecule has 2 unspecified atom stereocenters. The third-order valence-electron chi connectivity index (χ3n) is 3.25. The lowest BCUT2D eigenvalue weighted by molar-refractivity contribution is -0.00461. The number of pyridine rings is 1. The number of aromatic nitrogens is 1. The fraction of sp³-hybridized carbons (Fsp3) is 0.545. The van der Waals surface area contributed by atoms with Crippen molar-refractivity contribution in [1.82, 2.24) is 9.29 Å². The van der Waals surface area contributed by atoms with Gasteiger partial charge in [0.2, 0.25) is 10.0 Å². The number of nitrogen functional groups attached to an aromatic ring is 1. The van der Waals surface area contributed by atoms with Crippen LogP contribution >= 0.6 is 15.9 Å². The molecule has 1 aromatic heterocycles.